The predicted molar refractivity (Wildman–Crippen MR) is 236 cm³/mol. The van der Waals surface area contributed by atoms with E-state index >= 15 is 0 Å². The van der Waals surface area contributed by atoms with Gasteiger partial charge in [0, 0.05) is 0 Å². The van der Waals surface area contributed by atoms with E-state index in [1.165, 1.54) is 128 Å². The van der Waals surface area contributed by atoms with Crippen LogP contribution in [0.4, 0.5) is 0 Å². The van der Waals surface area contributed by atoms with E-state index in [1.807, 2.05) is 6.08 Å². The Morgan fingerprint density at radius 3 is 1.53 bits per heavy atom. The van der Waals surface area contributed by atoms with Gasteiger partial charge in [0.1, 0.15) is 30.5 Å². The Morgan fingerprint density at radius 1 is 0.603 bits per heavy atom. The summed E-state index contributed by atoms with van der Waals surface area (Å²) in [5, 5.41) is 64.7. The van der Waals surface area contributed by atoms with Crippen LogP contribution in [0, 0.1) is 0 Å². The third-order valence-corrected chi connectivity index (χ3v) is 11.3. The largest absolute Gasteiger partial charge is 0.394 e. The van der Waals surface area contributed by atoms with Crippen molar-refractivity contribution in [2.75, 3.05) is 13.2 Å². The highest BCUT2D eigenvalue weighted by Crippen LogP contribution is 2.23. The fourth-order valence-electron chi connectivity index (χ4n) is 7.39. The maximum atomic E-state index is 13.0. The van der Waals surface area contributed by atoms with Crippen LogP contribution in [0.3, 0.4) is 0 Å². The number of hydrogen-bond acceptors (Lipinski definition) is 9. The lowest BCUT2D eigenvalue weighted by molar-refractivity contribution is -0.302. The normalized spacial score (nSPS) is 21.7. The predicted octanol–water partition coefficient (Wildman–Crippen LogP) is 9.03. The maximum Gasteiger partial charge on any atom is 0.249 e. The van der Waals surface area contributed by atoms with Crippen molar-refractivity contribution in [3.8, 4) is 0 Å². The minimum absolute atomic E-state index is 0.304. The Bertz CT molecular complexity index is 1020. The molecule has 0 aromatic heterocycles. The lowest BCUT2D eigenvalue weighted by atomic mass is 9.99. The van der Waals surface area contributed by atoms with Gasteiger partial charge in [-0.3, -0.25) is 4.79 Å². The van der Waals surface area contributed by atoms with Crippen molar-refractivity contribution < 1.29 is 44.9 Å². The Labute approximate surface area is 354 Å². The molecule has 0 spiro atoms. The van der Waals surface area contributed by atoms with Crippen molar-refractivity contribution in [3.63, 3.8) is 0 Å². The van der Waals surface area contributed by atoms with Crippen LogP contribution in [-0.4, -0.2) is 98.7 Å². The molecule has 0 aromatic carbocycles. The van der Waals surface area contributed by atoms with Crippen LogP contribution >= 0.6 is 0 Å². The van der Waals surface area contributed by atoms with Crippen LogP contribution < -0.4 is 5.32 Å². The standard InChI is InChI=1S/C48H89NO9/c1-3-5-7-9-11-13-15-17-19-20-21-23-25-27-29-31-33-35-37-42(52)47(56)49-40(39-57-48-46(55)45(54)44(53)43(38-50)58-48)41(51)36-34-32-30-28-26-24-22-18-16-14-12-10-8-6-4-2/h11,13,15,17,34,36,40-46,48,50-55H,3-10,12,14,16,18-33,35,37-39H2,1-2H3,(H,49,56)/b13-11-,17-15-,36-34+. The van der Waals surface area contributed by atoms with Crippen molar-refractivity contribution in [1.82, 2.24) is 5.32 Å². The molecule has 1 amide bonds. The summed E-state index contributed by atoms with van der Waals surface area (Å²) in [6.07, 6.45) is 36.5. The summed E-state index contributed by atoms with van der Waals surface area (Å²) in [5.74, 6) is -0.621. The number of amides is 1. The number of aliphatic hydroxyl groups excluding tert-OH is 6. The van der Waals surface area contributed by atoms with E-state index < -0.39 is 61.5 Å². The minimum Gasteiger partial charge on any atom is -0.394 e. The average Bonchev–Trinajstić information content (AvgIpc) is 3.22. The van der Waals surface area contributed by atoms with Crippen molar-refractivity contribution >= 4 is 5.91 Å². The van der Waals surface area contributed by atoms with Crippen LogP contribution in [-0.2, 0) is 14.3 Å². The first-order valence-electron chi connectivity index (χ1n) is 23.8. The van der Waals surface area contributed by atoms with Crippen molar-refractivity contribution in [2.24, 2.45) is 0 Å². The molecule has 8 atom stereocenters. The van der Waals surface area contributed by atoms with Crippen LogP contribution in [0.15, 0.2) is 36.5 Å². The second-order valence-corrected chi connectivity index (χ2v) is 16.7. The summed E-state index contributed by atoms with van der Waals surface area (Å²) in [7, 11) is 0. The van der Waals surface area contributed by atoms with Gasteiger partial charge in [0.15, 0.2) is 6.29 Å². The molecule has 10 nitrogen and oxygen atoms in total. The van der Waals surface area contributed by atoms with Gasteiger partial charge in [0.25, 0.3) is 0 Å². The van der Waals surface area contributed by atoms with Gasteiger partial charge < -0.3 is 45.4 Å². The molecule has 1 heterocycles. The zero-order valence-electron chi connectivity index (χ0n) is 36.9. The summed E-state index contributed by atoms with van der Waals surface area (Å²) in [5.41, 5.74) is 0. The molecular weight excluding hydrogens is 735 g/mol. The third-order valence-electron chi connectivity index (χ3n) is 11.3. The van der Waals surface area contributed by atoms with E-state index in [4.69, 9.17) is 9.47 Å². The quantitative estimate of drug-likeness (QED) is 0.0182. The lowest BCUT2D eigenvalue weighted by Crippen LogP contribution is -2.60. The number of ether oxygens (including phenoxy) is 2. The van der Waals surface area contributed by atoms with E-state index in [1.54, 1.807) is 6.08 Å². The molecule has 1 aliphatic heterocycles. The Balaban J connectivity index is 2.40. The molecule has 1 rings (SSSR count). The smallest absolute Gasteiger partial charge is 0.249 e. The first-order valence-corrected chi connectivity index (χ1v) is 23.8. The highest BCUT2D eigenvalue weighted by molar-refractivity contribution is 5.80. The fraction of sp³-hybridized carbons (Fsp3) is 0.854. The Morgan fingerprint density at radius 2 is 1.03 bits per heavy atom. The molecule has 0 saturated carbocycles. The summed E-state index contributed by atoms with van der Waals surface area (Å²) >= 11 is 0. The Hall–Kier alpha value is -1.63. The van der Waals surface area contributed by atoms with Gasteiger partial charge in [0.05, 0.1) is 25.4 Å². The molecular formula is C48H89NO9. The molecule has 0 aromatic rings. The van der Waals surface area contributed by atoms with Gasteiger partial charge in [0.2, 0.25) is 5.91 Å². The van der Waals surface area contributed by atoms with Crippen molar-refractivity contribution in [1.29, 1.82) is 0 Å². The van der Waals surface area contributed by atoms with E-state index in [0.29, 0.717) is 12.8 Å². The van der Waals surface area contributed by atoms with Crippen molar-refractivity contribution in [2.45, 2.75) is 249 Å². The number of aliphatic hydroxyl groups is 6. The molecule has 1 saturated heterocycles. The van der Waals surface area contributed by atoms with Gasteiger partial charge in [-0.15, -0.1) is 0 Å². The van der Waals surface area contributed by atoms with Gasteiger partial charge in [-0.05, 0) is 44.9 Å². The average molecular weight is 824 g/mol. The number of nitrogens with one attached hydrogen (secondary N) is 1. The number of carbonyl (C=O) groups excluding carboxylic acids is 1. The van der Waals surface area contributed by atoms with Gasteiger partial charge in [-0.1, -0.05) is 192 Å². The van der Waals surface area contributed by atoms with Gasteiger partial charge in [-0.2, -0.15) is 0 Å². The first kappa shape index (κ1) is 54.4. The zero-order valence-corrected chi connectivity index (χ0v) is 36.9. The maximum absolute atomic E-state index is 13.0. The second-order valence-electron chi connectivity index (χ2n) is 16.7. The number of rotatable bonds is 39. The second kappa shape index (κ2) is 38.3. The molecule has 0 radical (unpaired) electrons. The first-order chi connectivity index (χ1) is 28.3. The molecule has 58 heavy (non-hydrogen) atoms. The van der Waals surface area contributed by atoms with Crippen LogP contribution in [0.1, 0.15) is 200 Å². The molecule has 340 valence electrons. The lowest BCUT2D eigenvalue weighted by Gasteiger charge is -2.40. The number of allylic oxidation sites excluding steroid dienone is 5. The molecule has 10 heteroatoms. The van der Waals surface area contributed by atoms with Crippen molar-refractivity contribution in [3.05, 3.63) is 36.5 Å². The summed E-state index contributed by atoms with van der Waals surface area (Å²) < 4.78 is 11.1. The summed E-state index contributed by atoms with van der Waals surface area (Å²) in [6.45, 7) is 3.57. The van der Waals surface area contributed by atoms with Crippen LogP contribution in [0.2, 0.25) is 0 Å². The van der Waals surface area contributed by atoms with Crippen LogP contribution in [0.5, 0.6) is 0 Å². The molecule has 0 aliphatic carbocycles. The molecule has 0 bridgehead atoms. The fourth-order valence-corrected chi connectivity index (χ4v) is 7.39. The summed E-state index contributed by atoms with van der Waals surface area (Å²) in [4.78, 5) is 13.0. The number of unbranched alkanes of at least 4 members (excludes halogenated alkanes) is 25. The third kappa shape index (κ3) is 28.0. The molecule has 1 aliphatic rings. The minimum atomic E-state index is -1.61. The van der Waals surface area contributed by atoms with Crippen LogP contribution in [0.25, 0.3) is 0 Å². The SMILES string of the molecule is CCCCC/C=C\C=C/CCCCCCCCCCCC(O)C(=O)NC(COC1OC(CO)C(O)C(O)C1O)C(O)/C=C/CCCCCCCCCCCCCCC. The number of carbonyl (C=O) groups is 1. The summed E-state index contributed by atoms with van der Waals surface area (Å²) in [6, 6.07) is -0.981. The molecule has 7 N–H and O–H groups in total. The van der Waals surface area contributed by atoms with E-state index in [-0.39, 0.29) is 6.61 Å². The van der Waals surface area contributed by atoms with Gasteiger partial charge in [-0.25, -0.2) is 0 Å². The van der Waals surface area contributed by atoms with Gasteiger partial charge >= 0.3 is 0 Å². The topological polar surface area (TPSA) is 169 Å². The monoisotopic (exact) mass is 824 g/mol. The highest BCUT2D eigenvalue weighted by atomic mass is 16.7. The zero-order chi connectivity index (χ0) is 42.5. The molecule has 8 unspecified atom stereocenters. The van der Waals surface area contributed by atoms with E-state index in [9.17, 15) is 35.4 Å². The van der Waals surface area contributed by atoms with E-state index in [2.05, 4.69) is 43.5 Å². The highest BCUT2D eigenvalue weighted by Gasteiger charge is 2.44. The molecule has 1 fully saturated rings. The van der Waals surface area contributed by atoms with E-state index in [0.717, 1.165) is 44.9 Å². The number of hydrogen-bond donors (Lipinski definition) is 7. The Kier molecular flexibility index (Phi) is 35.9.